The highest BCUT2D eigenvalue weighted by atomic mass is 16.5. The van der Waals surface area contributed by atoms with Crippen LogP contribution in [0.1, 0.15) is 5.56 Å². The maximum Gasteiger partial charge on any atom is 0.223 e. The van der Waals surface area contributed by atoms with Crippen LogP contribution in [0.25, 0.3) is 11.3 Å². The van der Waals surface area contributed by atoms with E-state index in [0.29, 0.717) is 12.5 Å². The number of nitrogens with two attached hydrogens (primary N) is 1. The van der Waals surface area contributed by atoms with Crippen LogP contribution in [0.5, 0.6) is 5.88 Å². The van der Waals surface area contributed by atoms with E-state index in [1.165, 1.54) is 5.56 Å². The maximum atomic E-state index is 5.65. The molecule has 100 valence electrons. The minimum absolute atomic E-state index is 0.206. The Morgan fingerprint density at radius 3 is 2.47 bits per heavy atom. The van der Waals surface area contributed by atoms with Crippen molar-refractivity contribution in [2.45, 2.75) is 6.42 Å². The van der Waals surface area contributed by atoms with Gasteiger partial charge < -0.3 is 15.2 Å². The second-order valence-corrected chi connectivity index (χ2v) is 4.09. The monoisotopic (exact) mass is 259 g/mol. The molecule has 0 aliphatic rings. The third kappa shape index (κ3) is 3.42. The minimum Gasteiger partial charge on any atom is -0.481 e. The molecule has 19 heavy (non-hydrogen) atoms. The molecule has 0 amide bonds. The number of anilines is 1. The number of hydrogen-bond acceptors (Lipinski definition) is 5. The van der Waals surface area contributed by atoms with Crippen molar-refractivity contribution >= 4 is 5.95 Å². The first-order chi connectivity index (χ1) is 9.22. The summed E-state index contributed by atoms with van der Waals surface area (Å²) in [7, 11) is 3.25. The Kier molecular flexibility index (Phi) is 4.30. The third-order valence-corrected chi connectivity index (χ3v) is 2.77. The average molecular weight is 259 g/mol. The van der Waals surface area contributed by atoms with Crippen LogP contribution in [0.2, 0.25) is 0 Å². The molecule has 0 atom stereocenters. The second-order valence-electron chi connectivity index (χ2n) is 4.09. The predicted molar refractivity (Wildman–Crippen MR) is 74.0 cm³/mol. The molecule has 0 radical (unpaired) electrons. The summed E-state index contributed by atoms with van der Waals surface area (Å²) in [4.78, 5) is 8.17. The molecule has 0 aliphatic carbocycles. The fourth-order valence-electron chi connectivity index (χ4n) is 1.76. The van der Waals surface area contributed by atoms with Gasteiger partial charge in [0.05, 0.1) is 19.4 Å². The number of aromatic nitrogens is 2. The number of nitrogens with zero attached hydrogens (tertiary/aromatic N) is 2. The molecule has 0 spiro atoms. The molecule has 2 aromatic rings. The molecule has 0 saturated carbocycles. The lowest BCUT2D eigenvalue weighted by Gasteiger charge is -2.06. The molecule has 0 saturated heterocycles. The van der Waals surface area contributed by atoms with Gasteiger partial charge in [-0.2, -0.15) is 4.98 Å². The van der Waals surface area contributed by atoms with E-state index in [4.69, 9.17) is 15.2 Å². The van der Waals surface area contributed by atoms with Gasteiger partial charge in [0.2, 0.25) is 11.8 Å². The Morgan fingerprint density at radius 1 is 1.11 bits per heavy atom. The van der Waals surface area contributed by atoms with Crippen LogP contribution in [0.15, 0.2) is 30.3 Å². The van der Waals surface area contributed by atoms with Crippen molar-refractivity contribution in [2.24, 2.45) is 0 Å². The standard InChI is InChI=1S/C14H17N3O2/c1-18-8-7-10-3-5-11(6-4-10)12-9-13(19-2)17-14(15)16-12/h3-6,9H,7-8H2,1-2H3,(H2,15,16,17). The van der Waals surface area contributed by atoms with E-state index < -0.39 is 0 Å². The predicted octanol–water partition coefficient (Wildman–Crippen LogP) is 1.92. The van der Waals surface area contributed by atoms with Crippen LogP contribution >= 0.6 is 0 Å². The van der Waals surface area contributed by atoms with Gasteiger partial charge in [0.25, 0.3) is 0 Å². The fourth-order valence-corrected chi connectivity index (χ4v) is 1.76. The van der Waals surface area contributed by atoms with E-state index in [2.05, 4.69) is 22.1 Å². The molecule has 2 rings (SSSR count). The molecular formula is C14H17N3O2. The number of methoxy groups -OCH3 is 2. The zero-order valence-corrected chi connectivity index (χ0v) is 11.1. The summed E-state index contributed by atoms with van der Waals surface area (Å²) >= 11 is 0. The van der Waals surface area contributed by atoms with Gasteiger partial charge in [-0.3, -0.25) is 0 Å². The van der Waals surface area contributed by atoms with Crippen LogP contribution in [0.4, 0.5) is 5.95 Å². The normalized spacial score (nSPS) is 10.4. The summed E-state index contributed by atoms with van der Waals surface area (Å²) in [5.41, 5.74) is 8.60. The van der Waals surface area contributed by atoms with E-state index in [9.17, 15) is 0 Å². The zero-order valence-electron chi connectivity index (χ0n) is 11.1. The first-order valence-electron chi connectivity index (χ1n) is 5.99. The van der Waals surface area contributed by atoms with Gasteiger partial charge in [0.15, 0.2) is 0 Å². The van der Waals surface area contributed by atoms with Gasteiger partial charge >= 0.3 is 0 Å². The molecule has 0 bridgehead atoms. The number of rotatable bonds is 5. The summed E-state index contributed by atoms with van der Waals surface area (Å²) in [6, 6.07) is 9.89. The van der Waals surface area contributed by atoms with Crippen LogP contribution in [0, 0.1) is 0 Å². The highest BCUT2D eigenvalue weighted by Gasteiger charge is 2.05. The summed E-state index contributed by atoms with van der Waals surface area (Å²) in [5.74, 6) is 0.670. The zero-order chi connectivity index (χ0) is 13.7. The third-order valence-electron chi connectivity index (χ3n) is 2.77. The van der Waals surface area contributed by atoms with E-state index in [0.717, 1.165) is 17.7 Å². The molecule has 5 heteroatoms. The highest BCUT2D eigenvalue weighted by Crippen LogP contribution is 2.22. The van der Waals surface area contributed by atoms with Crippen molar-refractivity contribution in [3.63, 3.8) is 0 Å². The van der Waals surface area contributed by atoms with Gasteiger partial charge in [-0.05, 0) is 12.0 Å². The molecule has 2 N–H and O–H groups in total. The van der Waals surface area contributed by atoms with Crippen LogP contribution in [-0.2, 0) is 11.2 Å². The lowest BCUT2D eigenvalue weighted by atomic mass is 10.1. The molecule has 0 unspecified atom stereocenters. The van der Waals surface area contributed by atoms with E-state index in [1.807, 2.05) is 12.1 Å². The second kappa shape index (κ2) is 6.15. The Hall–Kier alpha value is -2.14. The van der Waals surface area contributed by atoms with Gasteiger partial charge in [-0.25, -0.2) is 4.98 Å². The topological polar surface area (TPSA) is 70.3 Å². The van der Waals surface area contributed by atoms with Crippen LogP contribution in [0.3, 0.4) is 0 Å². The van der Waals surface area contributed by atoms with Crippen molar-refractivity contribution in [2.75, 3.05) is 26.6 Å². The Labute approximate surface area is 112 Å². The lowest BCUT2D eigenvalue weighted by Crippen LogP contribution is -1.99. The van der Waals surface area contributed by atoms with Crippen molar-refractivity contribution in [1.29, 1.82) is 0 Å². The summed E-state index contributed by atoms with van der Waals surface area (Å²) in [5, 5.41) is 0. The summed E-state index contributed by atoms with van der Waals surface area (Å²) in [6.07, 6.45) is 0.895. The molecular weight excluding hydrogens is 242 g/mol. The molecule has 1 heterocycles. The molecule has 1 aromatic carbocycles. The van der Waals surface area contributed by atoms with E-state index >= 15 is 0 Å². The summed E-state index contributed by atoms with van der Waals surface area (Å²) < 4.78 is 10.1. The van der Waals surface area contributed by atoms with Crippen molar-refractivity contribution in [3.8, 4) is 17.1 Å². The molecule has 5 nitrogen and oxygen atoms in total. The largest absolute Gasteiger partial charge is 0.481 e. The average Bonchev–Trinajstić information content (AvgIpc) is 2.45. The van der Waals surface area contributed by atoms with Crippen molar-refractivity contribution in [3.05, 3.63) is 35.9 Å². The van der Waals surface area contributed by atoms with Crippen LogP contribution < -0.4 is 10.5 Å². The summed E-state index contributed by atoms with van der Waals surface area (Å²) in [6.45, 7) is 0.716. The molecule has 0 aliphatic heterocycles. The number of hydrogen-bond donors (Lipinski definition) is 1. The van der Waals surface area contributed by atoms with E-state index in [1.54, 1.807) is 20.3 Å². The van der Waals surface area contributed by atoms with Gasteiger partial charge in [0, 0.05) is 18.7 Å². The molecule has 0 fully saturated rings. The van der Waals surface area contributed by atoms with Crippen LogP contribution in [-0.4, -0.2) is 30.8 Å². The number of benzene rings is 1. The number of nitrogen functional groups attached to an aromatic ring is 1. The van der Waals surface area contributed by atoms with Gasteiger partial charge in [0.1, 0.15) is 0 Å². The first-order valence-corrected chi connectivity index (χ1v) is 5.99. The van der Waals surface area contributed by atoms with Crippen molar-refractivity contribution < 1.29 is 9.47 Å². The smallest absolute Gasteiger partial charge is 0.223 e. The van der Waals surface area contributed by atoms with Gasteiger partial charge in [-0.15, -0.1) is 0 Å². The van der Waals surface area contributed by atoms with E-state index in [-0.39, 0.29) is 5.95 Å². The van der Waals surface area contributed by atoms with Gasteiger partial charge in [-0.1, -0.05) is 24.3 Å². The Balaban J connectivity index is 2.24. The SMILES string of the molecule is COCCc1ccc(-c2cc(OC)nc(N)n2)cc1. The minimum atomic E-state index is 0.206. The van der Waals surface area contributed by atoms with Crippen molar-refractivity contribution in [1.82, 2.24) is 9.97 Å². The number of ether oxygens (including phenoxy) is 2. The Morgan fingerprint density at radius 2 is 1.84 bits per heavy atom. The first kappa shape index (κ1) is 13.3. The Bertz CT molecular complexity index is 541. The lowest BCUT2D eigenvalue weighted by molar-refractivity contribution is 0.202. The molecule has 1 aromatic heterocycles. The quantitative estimate of drug-likeness (QED) is 0.888. The maximum absolute atomic E-state index is 5.65. The fraction of sp³-hybridized carbons (Fsp3) is 0.286. The highest BCUT2D eigenvalue weighted by molar-refractivity contribution is 5.61.